The Balaban J connectivity index is 0.00000242. The molecule has 1 heterocycles. The first-order chi connectivity index (χ1) is 9.84. The first-order valence-corrected chi connectivity index (χ1v) is 8.01. The molecule has 1 aromatic carbocycles. The molecule has 2 N–H and O–H groups in total. The molecule has 1 fully saturated rings. The van der Waals surface area contributed by atoms with Crippen LogP contribution >= 0.6 is 40.7 Å². The van der Waals surface area contributed by atoms with E-state index in [2.05, 4.69) is 53.0 Å². The van der Waals surface area contributed by atoms with Crippen LogP contribution in [0.3, 0.4) is 0 Å². The second-order valence-corrected chi connectivity index (χ2v) is 7.42. The molecule has 0 aromatic heterocycles. The van der Waals surface area contributed by atoms with Gasteiger partial charge in [-0.25, -0.2) is 0 Å². The fraction of sp³-hybridized carbons (Fsp3) is 0.562. The molecule has 1 aliphatic heterocycles. The van der Waals surface area contributed by atoms with Crippen LogP contribution in [0, 0.1) is 16.7 Å². The molecule has 0 unspecified atom stereocenters. The van der Waals surface area contributed by atoms with Crippen LogP contribution < -0.4 is 5.32 Å². The van der Waals surface area contributed by atoms with Crippen molar-refractivity contribution in [2.45, 2.75) is 26.8 Å². The summed E-state index contributed by atoms with van der Waals surface area (Å²) < 4.78 is 0.584. The number of phenols is 1. The number of aromatic hydroxyl groups is 1. The normalized spacial score (nSPS) is 16.7. The first kappa shape index (κ1) is 22.5. The monoisotopic (exact) mass is 423 g/mol. The molecule has 1 aliphatic rings. The Kier molecular flexibility index (Phi) is 8.90. The molecule has 0 radical (unpaired) electrons. The Morgan fingerprint density at radius 2 is 1.83 bits per heavy atom. The Morgan fingerprint density at radius 3 is 2.30 bits per heavy atom. The van der Waals surface area contributed by atoms with Crippen LogP contribution in [-0.2, 0) is 0 Å². The van der Waals surface area contributed by atoms with E-state index in [0.29, 0.717) is 10.0 Å². The summed E-state index contributed by atoms with van der Waals surface area (Å²) in [5.41, 5.74) is 1.36. The lowest BCUT2D eigenvalue weighted by Crippen LogP contribution is -2.48. The molecule has 0 aliphatic carbocycles. The van der Waals surface area contributed by atoms with Gasteiger partial charge in [0, 0.05) is 37.8 Å². The quantitative estimate of drug-likeness (QED) is 0.756. The summed E-state index contributed by atoms with van der Waals surface area (Å²) in [5.74, 6) is 0.243. The van der Waals surface area contributed by atoms with Crippen molar-refractivity contribution in [1.29, 1.82) is 5.26 Å². The predicted octanol–water partition coefficient (Wildman–Crippen LogP) is 3.86. The van der Waals surface area contributed by atoms with E-state index in [4.69, 9.17) is 0 Å². The average Bonchev–Trinajstić information content (AvgIpc) is 2.43. The minimum absolute atomic E-state index is 0. The third-order valence-corrected chi connectivity index (χ3v) is 4.46. The lowest BCUT2D eigenvalue weighted by molar-refractivity contribution is 0.0841. The molecule has 0 bridgehead atoms. The SMILES string of the molecule is CC(C)(C)[C@@H](c1cc(C#N)cc(Br)c1O)N1CCNCC1.Cl.Cl. The molecule has 0 amide bonds. The van der Waals surface area contributed by atoms with Gasteiger partial charge < -0.3 is 10.4 Å². The van der Waals surface area contributed by atoms with E-state index in [9.17, 15) is 10.4 Å². The highest BCUT2D eigenvalue weighted by Crippen LogP contribution is 2.44. The van der Waals surface area contributed by atoms with Gasteiger partial charge in [0.2, 0.25) is 0 Å². The van der Waals surface area contributed by atoms with E-state index in [1.165, 1.54) is 0 Å². The second-order valence-electron chi connectivity index (χ2n) is 6.56. The maximum absolute atomic E-state index is 10.5. The third kappa shape index (κ3) is 5.23. The number of benzene rings is 1. The fourth-order valence-corrected chi connectivity index (χ4v) is 3.52. The van der Waals surface area contributed by atoms with Gasteiger partial charge in [0.1, 0.15) is 5.75 Å². The van der Waals surface area contributed by atoms with Gasteiger partial charge in [0.25, 0.3) is 0 Å². The molecule has 0 saturated carbocycles. The summed E-state index contributed by atoms with van der Waals surface area (Å²) in [4.78, 5) is 2.39. The molecular formula is C16H24BrCl2N3O. The maximum atomic E-state index is 10.5. The molecule has 0 spiro atoms. The molecule has 1 atom stereocenters. The number of piperazine rings is 1. The topological polar surface area (TPSA) is 59.3 Å². The smallest absolute Gasteiger partial charge is 0.134 e. The van der Waals surface area contributed by atoms with E-state index >= 15 is 0 Å². The lowest BCUT2D eigenvalue weighted by atomic mass is 9.80. The summed E-state index contributed by atoms with van der Waals surface area (Å²) in [6, 6.07) is 5.73. The van der Waals surface area contributed by atoms with Gasteiger partial charge in [-0.2, -0.15) is 5.26 Å². The number of nitrogens with one attached hydrogen (secondary N) is 1. The molecular weight excluding hydrogens is 401 g/mol. The van der Waals surface area contributed by atoms with E-state index in [1.807, 2.05) is 6.07 Å². The largest absolute Gasteiger partial charge is 0.506 e. The van der Waals surface area contributed by atoms with Crippen LogP contribution in [0.5, 0.6) is 5.75 Å². The van der Waals surface area contributed by atoms with Crippen LogP contribution in [-0.4, -0.2) is 36.2 Å². The number of phenolic OH excluding ortho intramolecular Hbond substituents is 1. The van der Waals surface area contributed by atoms with Crippen molar-refractivity contribution in [2.75, 3.05) is 26.2 Å². The lowest BCUT2D eigenvalue weighted by Gasteiger charge is -2.43. The molecule has 23 heavy (non-hydrogen) atoms. The Hall–Kier alpha value is -0.510. The van der Waals surface area contributed by atoms with Crippen molar-refractivity contribution >= 4 is 40.7 Å². The zero-order valence-electron chi connectivity index (χ0n) is 13.6. The van der Waals surface area contributed by atoms with Gasteiger partial charge in [0.15, 0.2) is 0 Å². The zero-order chi connectivity index (χ0) is 15.6. The van der Waals surface area contributed by atoms with Crippen LogP contribution in [0.4, 0.5) is 0 Å². The molecule has 2 rings (SSSR count). The number of rotatable bonds is 2. The Labute approximate surface area is 159 Å². The number of halogens is 3. The Morgan fingerprint density at radius 1 is 1.26 bits per heavy atom. The maximum Gasteiger partial charge on any atom is 0.134 e. The summed E-state index contributed by atoms with van der Waals surface area (Å²) in [5, 5.41) is 23.0. The number of hydrogen-bond donors (Lipinski definition) is 2. The summed E-state index contributed by atoms with van der Waals surface area (Å²) >= 11 is 3.36. The van der Waals surface area contributed by atoms with E-state index < -0.39 is 0 Å². The van der Waals surface area contributed by atoms with Crippen molar-refractivity contribution in [3.8, 4) is 11.8 Å². The van der Waals surface area contributed by atoms with E-state index in [0.717, 1.165) is 31.7 Å². The van der Waals surface area contributed by atoms with Gasteiger partial charge in [-0.05, 0) is 33.5 Å². The van der Waals surface area contributed by atoms with E-state index in [-0.39, 0.29) is 42.0 Å². The van der Waals surface area contributed by atoms with Gasteiger partial charge in [0.05, 0.1) is 16.1 Å². The standard InChI is InChI=1S/C16H22BrN3O.2ClH/c1-16(2,3)15(20-6-4-19-5-7-20)12-8-11(10-18)9-13(17)14(12)21;;/h8-9,15,19,21H,4-7H2,1-3H3;2*1H/t15-;;/m1../s1. The minimum atomic E-state index is -0.0393. The highest BCUT2D eigenvalue weighted by Gasteiger charge is 2.35. The number of nitriles is 1. The summed E-state index contributed by atoms with van der Waals surface area (Å²) in [6.45, 7) is 10.3. The van der Waals surface area contributed by atoms with Crippen LogP contribution in [0.1, 0.15) is 37.9 Å². The van der Waals surface area contributed by atoms with Crippen LogP contribution in [0.25, 0.3) is 0 Å². The highest BCUT2D eigenvalue weighted by atomic mass is 79.9. The predicted molar refractivity (Wildman–Crippen MR) is 102 cm³/mol. The number of nitrogens with zero attached hydrogens (tertiary/aromatic N) is 2. The fourth-order valence-electron chi connectivity index (χ4n) is 3.04. The van der Waals surface area contributed by atoms with Gasteiger partial charge in [-0.15, -0.1) is 24.8 Å². The van der Waals surface area contributed by atoms with Crippen LogP contribution in [0.2, 0.25) is 0 Å². The summed E-state index contributed by atoms with van der Waals surface area (Å²) in [6.07, 6.45) is 0. The van der Waals surface area contributed by atoms with Crippen LogP contribution in [0.15, 0.2) is 16.6 Å². The highest BCUT2D eigenvalue weighted by molar-refractivity contribution is 9.10. The summed E-state index contributed by atoms with van der Waals surface area (Å²) in [7, 11) is 0. The van der Waals surface area contributed by atoms with Crippen molar-refractivity contribution in [1.82, 2.24) is 10.2 Å². The minimum Gasteiger partial charge on any atom is -0.506 e. The Bertz CT molecular complexity index is 564. The van der Waals surface area contributed by atoms with Crippen molar-refractivity contribution in [3.05, 3.63) is 27.7 Å². The number of hydrogen-bond acceptors (Lipinski definition) is 4. The average molecular weight is 425 g/mol. The van der Waals surface area contributed by atoms with Gasteiger partial charge in [-0.3, -0.25) is 4.90 Å². The molecule has 1 saturated heterocycles. The van der Waals surface area contributed by atoms with E-state index in [1.54, 1.807) is 6.07 Å². The van der Waals surface area contributed by atoms with Crippen molar-refractivity contribution < 1.29 is 5.11 Å². The third-order valence-electron chi connectivity index (χ3n) is 3.85. The van der Waals surface area contributed by atoms with Crippen molar-refractivity contribution in [3.63, 3.8) is 0 Å². The molecule has 7 heteroatoms. The molecule has 130 valence electrons. The molecule has 1 aromatic rings. The second kappa shape index (κ2) is 9.10. The van der Waals surface area contributed by atoms with Gasteiger partial charge in [-0.1, -0.05) is 20.8 Å². The van der Waals surface area contributed by atoms with Crippen molar-refractivity contribution in [2.24, 2.45) is 5.41 Å². The first-order valence-electron chi connectivity index (χ1n) is 7.22. The zero-order valence-corrected chi connectivity index (χ0v) is 16.8. The molecule has 4 nitrogen and oxygen atoms in total. The van der Waals surface area contributed by atoms with Gasteiger partial charge >= 0.3 is 0 Å².